The molecule has 1 amide bonds. The number of nitrogens with one attached hydrogen (secondary N) is 1. The van der Waals surface area contributed by atoms with Crippen molar-refractivity contribution >= 4 is 27.5 Å². The molecular formula is C20H18N4O2S. The highest BCUT2D eigenvalue weighted by Gasteiger charge is 2.35. The van der Waals surface area contributed by atoms with Crippen molar-refractivity contribution in [3.05, 3.63) is 52.4 Å². The van der Waals surface area contributed by atoms with Gasteiger partial charge in [-0.2, -0.15) is 5.26 Å². The highest BCUT2D eigenvalue weighted by molar-refractivity contribution is 7.17. The summed E-state index contributed by atoms with van der Waals surface area (Å²) in [7, 11) is 0. The molecule has 2 heterocycles. The first kappa shape index (κ1) is 17.4. The molecule has 2 aromatic heterocycles. The molecule has 1 aliphatic rings. The zero-order valence-corrected chi connectivity index (χ0v) is 15.5. The van der Waals surface area contributed by atoms with E-state index < -0.39 is 5.54 Å². The second kappa shape index (κ2) is 6.97. The number of rotatable bonds is 4. The first-order valence-electron chi connectivity index (χ1n) is 8.86. The number of nitriles is 1. The minimum Gasteiger partial charge on any atom is -0.336 e. The van der Waals surface area contributed by atoms with Gasteiger partial charge in [-0.25, -0.2) is 4.98 Å². The molecule has 0 radical (unpaired) electrons. The summed E-state index contributed by atoms with van der Waals surface area (Å²) in [6.45, 7) is -0.144. The van der Waals surface area contributed by atoms with Crippen molar-refractivity contribution in [2.24, 2.45) is 0 Å². The van der Waals surface area contributed by atoms with E-state index >= 15 is 0 Å². The number of benzene rings is 1. The summed E-state index contributed by atoms with van der Waals surface area (Å²) in [6, 6.07) is 11.9. The number of aromatic nitrogens is 2. The fourth-order valence-electron chi connectivity index (χ4n) is 3.61. The van der Waals surface area contributed by atoms with Crippen LogP contribution in [-0.2, 0) is 11.3 Å². The van der Waals surface area contributed by atoms with Crippen molar-refractivity contribution in [2.75, 3.05) is 0 Å². The Morgan fingerprint density at radius 1 is 1.30 bits per heavy atom. The van der Waals surface area contributed by atoms with E-state index in [1.807, 2.05) is 35.7 Å². The van der Waals surface area contributed by atoms with Gasteiger partial charge in [0.05, 0.1) is 17.8 Å². The van der Waals surface area contributed by atoms with Gasteiger partial charge < -0.3 is 5.32 Å². The molecule has 1 N–H and O–H groups in total. The van der Waals surface area contributed by atoms with Gasteiger partial charge in [0.25, 0.3) is 5.56 Å². The third kappa shape index (κ3) is 3.24. The predicted molar refractivity (Wildman–Crippen MR) is 104 cm³/mol. The van der Waals surface area contributed by atoms with Crippen LogP contribution in [-0.4, -0.2) is 21.0 Å². The molecular weight excluding hydrogens is 360 g/mol. The van der Waals surface area contributed by atoms with Gasteiger partial charge in [0.15, 0.2) is 0 Å². The average Bonchev–Trinajstić information content (AvgIpc) is 3.32. The molecule has 3 aromatic rings. The second-order valence-corrected chi connectivity index (χ2v) is 7.68. The molecule has 6 nitrogen and oxygen atoms in total. The summed E-state index contributed by atoms with van der Waals surface area (Å²) in [5.41, 5.74) is 0.731. The van der Waals surface area contributed by atoms with Crippen LogP contribution in [0.25, 0.3) is 21.3 Å². The molecule has 1 fully saturated rings. The van der Waals surface area contributed by atoms with E-state index in [1.165, 1.54) is 22.2 Å². The van der Waals surface area contributed by atoms with Gasteiger partial charge in [-0.15, -0.1) is 11.3 Å². The molecule has 7 heteroatoms. The second-order valence-electron chi connectivity index (χ2n) is 6.82. The van der Waals surface area contributed by atoms with Crippen molar-refractivity contribution in [2.45, 2.75) is 37.8 Å². The molecule has 0 aliphatic heterocycles. The highest BCUT2D eigenvalue weighted by Crippen LogP contribution is 2.30. The SMILES string of the molecule is N#CC1(NC(=O)Cn2cnc3scc(-c4ccccc4)c3c2=O)CCCC1. The predicted octanol–water partition coefficient (Wildman–Crippen LogP) is 3.08. The zero-order valence-electron chi connectivity index (χ0n) is 14.6. The fraction of sp³-hybridized carbons (Fsp3) is 0.300. The summed E-state index contributed by atoms with van der Waals surface area (Å²) < 4.78 is 1.32. The Morgan fingerprint density at radius 2 is 2.04 bits per heavy atom. The number of amides is 1. The standard InChI is InChI=1S/C20H18N4O2S/c21-12-20(8-4-5-9-20)23-16(25)10-24-13-22-18-17(19(24)26)15(11-27-18)14-6-2-1-3-7-14/h1-3,6-7,11,13H,4-5,8-10H2,(H,23,25). The van der Waals surface area contributed by atoms with Crippen LogP contribution >= 0.6 is 11.3 Å². The molecule has 1 saturated carbocycles. The Kier molecular flexibility index (Phi) is 4.50. The largest absolute Gasteiger partial charge is 0.336 e. The Hall–Kier alpha value is -2.98. The maximum Gasteiger partial charge on any atom is 0.263 e. The first-order valence-corrected chi connectivity index (χ1v) is 9.74. The van der Waals surface area contributed by atoms with Crippen LogP contribution in [0.3, 0.4) is 0 Å². The zero-order chi connectivity index (χ0) is 18.9. The Morgan fingerprint density at radius 3 is 2.74 bits per heavy atom. The summed E-state index contributed by atoms with van der Waals surface area (Å²) in [5, 5.41) is 14.7. The summed E-state index contributed by atoms with van der Waals surface area (Å²) in [5.74, 6) is -0.335. The number of fused-ring (bicyclic) bond motifs is 1. The van der Waals surface area contributed by atoms with Gasteiger partial charge in [-0.1, -0.05) is 30.3 Å². The van der Waals surface area contributed by atoms with Gasteiger partial charge in [0.1, 0.15) is 16.9 Å². The molecule has 4 rings (SSSR count). The quantitative estimate of drug-likeness (QED) is 0.756. The van der Waals surface area contributed by atoms with Crippen LogP contribution < -0.4 is 10.9 Å². The lowest BCUT2D eigenvalue weighted by Gasteiger charge is -2.22. The Bertz CT molecular complexity index is 1090. The molecule has 1 aromatic carbocycles. The molecule has 0 bridgehead atoms. The lowest BCUT2D eigenvalue weighted by Crippen LogP contribution is -2.47. The minimum absolute atomic E-state index is 0.144. The summed E-state index contributed by atoms with van der Waals surface area (Å²) in [4.78, 5) is 30.5. The number of carbonyl (C=O) groups is 1. The van der Waals surface area contributed by atoms with E-state index in [2.05, 4.69) is 16.4 Å². The van der Waals surface area contributed by atoms with Crippen molar-refractivity contribution in [1.29, 1.82) is 5.26 Å². The smallest absolute Gasteiger partial charge is 0.263 e. The van der Waals surface area contributed by atoms with Crippen molar-refractivity contribution in [3.63, 3.8) is 0 Å². The lowest BCUT2D eigenvalue weighted by atomic mass is 10.00. The summed E-state index contributed by atoms with van der Waals surface area (Å²) >= 11 is 1.41. The van der Waals surface area contributed by atoms with Crippen LogP contribution in [0.4, 0.5) is 0 Å². The Labute approximate surface area is 160 Å². The van der Waals surface area contributed by atoms with Crippen molar-refractivity contribution < 1.29 is 4.79 Å². The van der Waals surface area contributed by atoms with Crippen LogP contribution in [0.1, 0.15) is 25.7 Å². The van der Waals surface area contributed by atoms with E-state index in [-0.39, 0.29) is 18.0 Å². The van der Waals surface area contributed by atoms with Gasteiger partial charge in [0, 0.05) is 10.9 Å². The molecule has 27 heavy (non-hydrogen) atoms. The number of nitrogens with zero attached hydrogens (tertiary/aromatic N) is 3. The third-order valence-electron chi connectivity index (χ3n) is 5.01. The Balaban J connectivity index is 1.65. The number of thiophene rings is 1. The minimum atomic E-state index is -0.796. The van der Waals surface area contributed by atoms with Crippen molar-refractivity contribution in [3.8, 4) is 17.2 Å². The van der Waals surface area contributed by atoms with Crippen LogP contribution in [0.5, 0.6) is 0 Å². The van der Waals surface area contributed by atoms with Gasteiger partial charge in [0.2, 0.25) is 5.91 Å². The molecule has 0 spiro atoms. The number of hydrogen-bond donors (Lipinski definition) is 1. The molecule has 1 aliphatic carbocycles. The average molecular weight is 378 g/mol. The van der Waals surface area contributed by atoms with E-state index in [0.29, 0.717) is 23.1 Å². The first-order chi connectivity index (χ1) is 13.1. The van der Waals surface area contributed by atoms with E-state index in [9.17, 15) is 14.9 Å². The van der Waals surface area contributed by atoms with Gasteiger partial charge >= 0.3 is 0 Å². The molecule has 0 unspecified atom stereocenters. The lowest BCUT2D eigenvalue weighted by molar-refractivity contribution is -0.123. The third-order valence-corrected chi connectivity index (χ3v) is 5.90. The monoisotopic (exact) mass is 378 g/mol. The normalized spacial score (nSPS) is 15.5. The van der Waals surface area contributed by atoms with Crippen LogP contribution in [0.2, 0.25) is 0 Å². The van der Waals surface area contributed by atoms with Gasteiger partial charge in [-0.05, 0) is 31.2 Å². The van der Waals surface area contributed by atoms with Crippen molar-refractivity contribution in [1.82, 2.24) is 14.9 Å². The highest BCUT2D eigenvalue weighted by atomic mass is 32.1. The number of hydrogen-bond acceptors (Lipinski definition) is 5. The molecule has 0 saturated heterocycles. The van der Waals surface area contributed by atoms with E-state index in [1.54, 1.807) is 0 Å². The summed E-state index contributed by atoms with van der Waals surface area (Å²) in [6.07, 6.45) is 4.57. The van der Waals surface area contributed by atoms with Gasteiger partial charge in [-0.3, -0.25) is 14.2 Å². The number of carbonyl (C=O) groups excluding carboxylic acids is 1. The maximum absolute atomic E-state index is 13.0. The fourth-order valence-corrected chi connectivity index (χ4v) is 4.52. The maximum atomic E-state index is 13.0. The van der Waals surface area contributed by atoms with E-state index in [4.69, 9.17) is 0 Å². The van der Waals surface area contributed by atoms with Crippen LogP contribution in [0.15, 0.2) is 46.8 Å². The topological polar surface area (TPSA) is 87.8 Å². The molecule has 136 valence electrons. The van der Waals surface area contributed by atoms with E-state index in [0.717, 1.165) is 24.0 Å². The molecule has 0 atom stereocenters. The van der Waals surface area contributed by atoms with Crippen LogP contribution in [0, 0.1) is 11.3 Å².